The number of thiocarbonyl (C=S) groups is 1. The molecule has 4 rings (SSSR count). The highest BCUT2D eigenvalue weighted by atomic mass is 32.1. The first kappa shape index (κ1) is 22.1. The molecular formula is C24H21N3O5S. The van der Waals surface area contributed by atoms with Gasteiger partial charge in [0, 0.05) is 16.8 Å². The van der Waals surface area contributed by atoms with Crippen molar-refractivity contribution >= 4 is 40.0 Å². The van der Waals surface area contributed by atoms with Crippen molar-refractivity contribution in [2.45, 2.75) is 0 Å². The molecule has 4 aromatic rings. The van der Waals surface area contributed by atoms with Crippen LogP contribution in [-0.4, -0.2) is 37.3 Å². The van der Waals surface area contributed by atoms with Gasteiger partial charge < -0.3 is 23.9 Å². The Kier molecular flexibility index (Phi) is 6.41. The SMILES string of the molecule is COc1cccc(-c2nc3cc(NC(=S)NC(=O)c4ccc(OC)c(OC)c4)ccc3o2)c1. The van der Waals surface area contributed by atoms with Crippen molar-refractivity contribution in [2.24, 2.45) is 0 Å². The van der Waals surface area contributed by atoms with Gasteiger partial charge >= 0.3 is 0 Å². The summed E-state index contributed by atoms with van der Waals surface area (Å²) >= 11 is 5.30. The van der Waals surface area contributed by atoms with Crippen molar-refractivity contribution in [3.63, 3.8) is 0 Å². The second kappa shape index (κ2) is 9.58. The number of anilines is 1. The molecule has 0 saturated heterocycles. The summed E-state index contributed by atoms with van der Waals surface area (Å²) in [7, 11) is 4.64. The summed E-state index contributed by atoms with van der Waals surface area (Å²) in [6.45, 7) is 0. The van der Waals surface area contributed by atoms with Crippen LogP contribution in [0.4, 0.5) is 5.69 Å². The van der Waals surface area contributed by atoms with Crippen molar-refractivity contribution in [2.75, 3.05) is 26.6 Å². The average molecular weight is 464 g/mol. The molecule has 3 aromatic carbocycles. The summed E-state index contributed by atoms with van der Waals surface area (Å²) in [6, 6.07) is 17.7. The molecule has 33 heavy (non-hydrogen) atoms. The number of aromatic nitrogens is 1. The fraction of sp³-hybridized carbons (Fsp3) is 0.125. The molecule has 0 fully saturated rings. The summed E-state index contributed by atoms with van der Waals surface area (Å²) in [5.41, 5.74) is 3.11. The van der Waals surface area contributed by atoms with Crippen molar-refractivity contribution < 1.29 is 23.4 Å². The number of rotatable bonds is 6. The number of fused-ring (bicyclic) bond motifs is 1. The van der Waals surface area contributed by atoms with Crippen LogP contribution in [0.25, 0.3) is 22.6 Å². The third-order valence-corrected chi connectivity index (χ3v) is 5.04. The highest BCUT2D eigenvalue weighted by Gasteiger charge is 2.13. The molecule has 0 bridgehead atoms. The van der Waals surface area contributed by atoms with Crippen LogP contribution in [0.1, 0.15) is 10.4 Å². The van der Waals surface area contributed by atoms with E-state index in [1.165, 1.54) is 14.2 Å². The minimum Gasteiger partial charge on any atom is -0.497 e. The molecule has 8 nitrogen and oxygen atoms in total. The van der Waals surface area contributed by atoms with Crippen molar-refractivity contribution in [1.29, 1.82) is 0 Å². The molecule has 0 unspecified atom stereocenters. The number of hydrogen-bond acceptors (Lipinski definition) is 7. The van der Waals surface area contributed by atoms with Gasteiger partial charge in [0.15, 0.2) is 22.2 Å². The smallest absolute Gasteiger partial charge is 0.257 e. The third-order valence-electron chi connectivity index (χ3n) is 4.83. The minimum absolute atomic E-state index is 0.144. The number of amides is 1. The fourth-order valence-corrected chi connectivity index (χ4v) is 3.41. The first-order valence-electron chi connectivity index (χ1n) is 9.90. The number of ether oxygens (including phenoxy) is 3. The largest absolute Gasteiger partial charge is 0.497 e. The molecule has 1 amide bonds. The van der Waals surface area contributed by atoms with Gasteiger partial charge in [-0.2, -0.15) is 0 Å². The molecule has 0 saturated carbocycles. The van der Waals surface area contributed by atoms with Crippen LogP contribution in [-0.2, 0) is 0 Å². The molecule has 0 spiro atoms. The Morgan fingerprint density at radius 3 is 2.52 bits per heavy atom. The molecule has 0 aliphatic heterocycles. The molecule has 9 heteroatoms. The zero-order valence-electron chi connectivity index (χ0n) is 18.2. The van der Waals surface area contributed by atoms with Crippen molar-refractivity contribution in [3.05, 3.63) is 66.2 Å². The second-order valence-corrected chi connectivity index (χ2v) is 7.32. The number of hydrogen-bond donors (Lipinski definition) is 2. The number of carbonyl (C=O) groups excluding carboxylic acids is 1. The van der Waals surface area contributed by atoms with Crippen LogP contribution in [0.5, 0.6) is 17.2 Å². The van der Waals surface area contributed by atoms with Gasteiger partial charge in [0.2, 0.25) is 5.89 Å². The van der Waals surface area contributed by atoms with Gasteiger partial charge in [-0.25, -0.2) is 4.98 Å². The van der Waals surface area contributed by atoms with Gasteiger partial charge in [-0.3, -0.25) is 10.1 Å². The second-order valence-electron chi connectivity index (χ2n) is 6.91. The standard InChI is InChI=1S/C24H21N3O5S/c1-29-17-6-4-5-15(11-17)23-26-18-13-16(8-10-19(18)32-23)25-24(33)27-22(28)14-7-9-20(30-2)21(12-14)31-3/h4-13H,1-3H3,(H2,25,27,28,33). The van der Waals surface area contributed by atoms with E-state index < -0.39 is 0 Å². The Bertz CT molecular complexity index is 1330. The van der Waals surface area contributed by atoms with Gasteiger partial charge in [-0.15, -0.1) is 0 Å². The maximum Gasteiger partial charge on any atom is 0.257 e. The highest BCUT2D eigenvalue weighted by molar-refractivity contribution is 7.80. The lowest BCUT2D eigenvalue weighted by molar-refractivity contribution is 0.0977. The molecule has 0 radical (unpaired) electrons. The quantitative estimate of drug-likeness (QED) is 0.399. The van der Waals surface area contributed by atoms with E-state index >= 15 is 0 Å². The van der Waals surface area contributed by atoms with Gasteiger partial charge in [0.05, 0.1) is 21.3 Å². The average Bonchev–Trinajstić information content (AvgIpc) is 3.27. The topological polar surface area (TPSA) is 94.9 Å². The molecule has 0 aliphatic carbocycles. The van der Waals surface area contributed by atoms with Crippen LogP contribution in [0, 0.1) is 0 Å². The van der Waals surface area contributed by atoms with Crippen molar-refractivity contribution in [3.8, 4) is 28.7 Å². The van der Waals surface area contributed by atoms with Crippen molar-refractivity contribution in [1.82, 2.24) is 10.3 Å². The molecule has 1 aromatic heterocycles. The summed E-state index contributed by atoms with van der Waals surface area (Å²) in [6.07, 6.45) is 0. The van der Waals surface area contributed by atoms with Gasteiger partial charge in [0.1, 0.15) is 11.3 Å². The van der Waals surface area contributed by atoms with Gasteiger partial charge in [0.25, 0.3) is 5.91 Å². The van der Waals surface area contributed by atoms with Crippen LogP contribution in [0.2, 0.25) is 0 Å². The van der Waals surface area contributed by atoms with Gasteiger partial charge in [-0.05, 0) is 66.8 Å². The van der Waals surface area contributed by atoms with E-state index in [0.29, 0.717) is 45.5 Å². The minimum atomic E-state index is -0.378. The number of carbonyl (C=O) groups is 1. The maximum atomic E-state index is 12.6. The van der Waals surface area contributed by atoms with E-state index in [0.717, 1.165) is 5.56 Å². The normalized spacial score (nSPS) is 10.5. The fourth-order valence-electron chi connectivity index (χ4n) is 3.20. The van der Waals surface area contributed by atoms with E-state index in [-0.39, 0.29) is 11.0 Å². The number of methoxy groups -OCH3 is 3. The Labute approximate surface area is 195 Å². The highest BCUT2D eigenvalue weighted by Crippen LogP contribution is 2.29. The first-order chi connectivity index (χ1) is 16.0. The third kappa shape index (κ3) is 4.88. The van der Waals surface area contributed by atoms with E-state index in [1.54, 1.807) is 43.5 Å². The van der Waals surface area contributed by atoms with Crippen LogP contribution in [0.15, 0.2) is 65.1 Å². The maximum absolute atomic E-state index is 12.6. The Morgan fingerprint density at radius 1 is 0.939 bits per heavy atom. The lowest BCUT2D eigenvalue weighted by atomic mass is 10.2. The Hall–Kier alpha value is -4.11. The van der Waals surface area contributed by atoms with E-state index in [9.17, 15) is 4.79 Å². The lowest BCUT2D eigenvalue weighted by Gasteiger charge is -2.11. The number of benzene rings is 3. The van der Waals surface area contributed by atoms with E-state index in [4.69, 9.17) is 30.8 Å². The van der Waals surface area contributed by atoms with Crippen LogP contribution in [0.3, 0.4) is 0 Å². The number of nitrogens with one attached hydrogen (secondary N) is 2. The Balaban J connectivity index is 1.47. The zero-order chi connectivity index (χ0) is 23.4. The predicted octanol–water partition coefficient (Wildman–Crippen LogP) is 4.65. The van der Waals surface area contributed by atoms with Crippen LogP contribution >= 0.6 is 12.2 Å². The zero-order valence-corrected chi connectivity index (χ0v) is 19.0. The van der Waals surface area contributed by atoms with E-state index in [1.807, 2.05) is 24.3 Å². The lowest BCUT2D eigenvalue weighted by Crippen LogP contribution is -2.34. The molecule has 0 atom stereocenters. The summed E-state index contributed by atoms with van der Waals surface area (Å²) in [5.74, 6) is 1.80. The Morgan fingerprint density at radius 2 is 1.76 bits per heavy atom. The summed E-state index contributed by atoms with van der Waals surface area (Å²) in [4.78, 5) is 17.1. The van der Waals surface area contributed by atoms with E-state index in [2.05, 4.69) is 15.6 Å². The molecular weight excluding hydrogens is 442 g/mol. The van der Waals surface area contributed by atoms with Crippen LogP contribution < -0.4 is 24.8 Å². The number of nitrogens with zero attached hydrogens (tertiary/aromatic N) is 1. The summed E-state index contributed by atoms with van der Waals surface area (Å²) in [5, 5.41) is 5.79. The molecule has 1 heterocycles. The molecule has 168 valence electrons. The number of oxazole rings is 1. The van der Waals surface area contributed by atoms with Gasteiger partial charge in [-0.1, -0.05) is 6.07 Å². The summed E-state index contributed by atoms with van der Waals surface area (Å²) < 4.78 is 21.5. The molecule has 2 N–H and O–H groups in total. The predicted molar refractivity (Wildman–Crippen MR) is 129 cm³/mol. The first-order valence-corrected chi connectivity index (χ1v) is 10.3. The molecule has 0 aliphatic rings. The monoisotopic (exact) mass is 463 g/mol.